The minimum absolute atomic E-state index is 0.302. The zero-order chi connectivity index (χ0) is 15.1. The fourth-order valence-corrected chi connectivity index (χ4v) is 2.52. The van der Waals surface area contributed by atoms with Crippen molar-refractivity contribution in [2.24, 2.45) is 7.05 Å². The van der Waals surface area contributed by atoms with E-state index < -0.39 is 23.0 Å². The van der Waals surface area contributed by atoms with Gasteiger partial charge in [0.25, 0.3) is 0 Å². The van der Waals surface area contributed by atoms with E-state index in [9.17, 15) is 13.6 Å². The Hall–Kier alpha value is -2.49. The van der Waals surface area contributed by atoms with Gasteiger partial charge in [0.05, 0.1) is 5.56 Å². The SMILES string of the molecule is Cc1ccc2c(C(=O)c3c(F)cccc3F)cn(C)c2c1. The van der Waals surface area contributed by atoms with Gasteiger partial charge in [-0.05, 0) is 30.7 Å². The summed E-state index contributed by atoms with van der Waals surface area (Å²) in [5, 5.41) is 0.691. The van der Waals surface area contributed by atoms with Gasteiger partial charge in [0, 0.05) is 29.7 Å². The molecule has 0 saturated carbocycles. The molecule has 0 fully saturated rings. The van der Waals surface area contributed by atoms with Crippen molar-refractivity contribution < 1.29 is 13.6 Å². The van der Waals surface area contributed by atoms with Crippen molar-refractivity contribution in [3.8, 4) is 0 Å². The molecule has 3 aromatic rings. The zero-order valence-corrected chi connectivity index (χ0v) is 11.7. The molecular formula is C17H13F2NO. The number of hydrogen-bond donors (Lipinski definition) is 0. The molecule has 0 N–H and O–H groups in total. The predicted octanol–water partition coefficient (Wildman–Crippen LogP) is 4.00. The van der Waals surface area contributed by atoms with Gasteiger partial charge in [0.15, 0.2) is 0 Å². The number of hydrogen-bond acceptors (Lipinski definition) is 1. The lowest BCUT2D eigenvalue weighted by Crippen LogP contribution is -2.07. The molecule has 0 aliphatic rings. The van der Waals surface area contributed by atoms with E-state index >= 15 is 0 Å². The maximum absolute atomic E-state index is 13.8. The molecule has 0 atom stereocenters. The van der Waals surface area contributed by atoms with Gasteiger partial charge in [-0.25, -0.2) is 8.78 Å². The summed E-state index contributed by atoms with van der Waals surface area (Å²) in [5.74, 6) is -2.33. The molecule has 0 bridgehead atoms. The fourth-order valence-electron chi connectivity index (χ4n) is 2.52. The van der Waals surface area contributed by atoms with Crippen LogP contribution in [-0.2, 0) is 7.05 Å². The Kier molecular flexibility index (Phi) is 3.09. The van der Waals surface area contributed by atoms with Crippen LogP contribution in [0, 0.1) is 18.6 Å². The third-order valence-corrected chi connectivity index (χ3v) is 3.58. The van der Waals surface area contributed by atoms with E-state index in [1.54, 1.807) is 23.9 Å². The third-order valence-electron chi connectivity index (χ3n) is 3.58. The minimum Gasteiger partial charge on any atom is -0.350 e. The van der Waals surface area contributed by atoms with E-state index in [2.05, 4.69) is 0 Å². The summed E-state index contributed by atoms with van der Waals surface area (Å²) >= 11 is 0. The first-order valence-electron chi connectivity index (χ1n) is 6.53. The molecule has 0 amide bonds. The standard InChI is InChI=1S/C17H13F2NO/c1-10-6-7-11-12(9-20(2)15(11)8-10)17(21)16-13(18)4-3-5-14(16)19/h3-9H,1-2H3. The molecule has 0 spiro atoms. The quantitative estimate of drug-likeness (QED) is 0.652. The van der Waals surface area contributed by atoms with Crippen molar-refractivity contribution >= 4 is 16.7 Å². The van der Waals surface area contributed by atoms with E-state index in [0.717, 1.165) is 23.2 Å². The van der Waals surface area contributed by atoms with Crippen LogP contribution in [0.25, 0.3) is 10.9 Å². The van der Waals surface area contributed by atoms with Gasteiger partial charge >= 0.3 is 0 Å². The monoisotopic (exact) mass is 285 g/mol. The molecule has 3 rings (SSSR count). The van der Waals surface area contributed by atoms with Crippen LogP contribution >= 0.6 is 0 Å². The van der Waals surface area contributed by atoms with Crippen LogP contribution in [-0.4, -0.2) is 10.4 Å². The molecule has 0 unspecified atom stereocenters. The Morgan fingerprint density at radius 2 is 1.76 bits per heavy atom. The van der Waals surface area contributed by atoms with E-state index in [1.807, 2.05) is 19.1 Å². The lowest BCUT2D eigenvalue weighted by Gasteiger charge is -2.03. The molecule has 0 aliphatic carbocycles. The van der Waals surface area contributed by atoms with Crippen LogP contribution in [0.2, 0.25) is 0 Å². The molecule has 1 heterocycles. The van der Waals surface area contributed by atoms with Crippen LogP contribution in [0.4, 0.5) is 8.78 Å². The number of carbonyl (C=O) groups is 1. The number of aryl methyl sites for hydroxylation is 2. The first-order chi connectivity index (χ1) is 9.99. The summed E-state index contributed by atoms with van der Waals surface area (Å²) in [4.78, 5) is 12.5. The van der Waals surface area contributed by atoms with Gasteiger partial charge in [-0.2, -0.15) is 0 Å². The number of fused-ring (bicyclic) bond motifs is 1. The van der Waals surface area contributed by atoms with Crippen molar-refractivity contribution in [2.45, 2.75) is 6.92 Å². The van der Waals surface area contributed by atoms with E-state index in [-0.39, 0.29) is 0 Å². The number of aromatic nitrogens is 1. The maximum Gasteiger partial charge on any atom is 0.201 e. The number of rotatable bonds is 2. The average Bonchev–Trinajstić information content (AvgIpc) is 2.75. The normalized spacial score (nSPS) is 11.0. The molecule has 2 nitrogen and oxygen atoms in total. The van der Waals surface area contributed by atoms with Gasteiger partial charge in [0.2, 0.25) is 5.78 Å². The third kappa shape index (κ3) is 2.13. The second-order valence-corrected chi connectivity index (χ2v) is 5.10. The molecule has 1 aromatic heterocycles. The van der Waals surface area contributed by atoms with Gasteiger partial charge < -0.3 is 4.57 Å². The summed E-state index contributed by atoms with van der Waals surface area (Å²) < 4.78 is 29.4. The van der Waals surface area contributed by atoms with E-state index in [1.165, 1.54) is 6.07 Å². The minimum atomic E-state index is -0.843. The maximum atomic E-state index is 13.8. The summed E-state index contributed by atoms with van der Waals surface area (Å²) in [7, 11) is 1.80. The van der Waals surface area contributed by atoms with Crippen LogP contribution in [0.5, 0.6) is 0 Å². The second-order valence-electron chi connectivity index (χ2n) is 5.10. The Morgan fingerprint density at radius 3 is 2.43 bits per heavy atom. The van der Waals surface area contributed by atoms with E-state index in [4.69, 9.17) is 0 Å². The Labute approximate surface area is 120 Å². The Morgan fingerprint density at radius 1 is 1.10 bits per heavy atom. The number of halogens is 2. The Balaban J connectivity index is 2.24. The van der Waals surface area contributed by atoms with Crippen LogP contribution < -0.4 is 0 Å². The second kappa shape index (κ2) is 4.81. The molecule has 0 radical (unpaired) electrons. The smallest absolute Gasteiger partial charge is 0.201 e. The van der Waals surface area contributed by atoms with Crippen molar-refractivity contribution in [2.75, 3.05) is 0 Å². The fraction of sp³-hybridized carbons (Fsp3) is 0.118. The Bertz CT molecular complexity index is 844. The van der Waals surface area contributed by atoms with Crippen molar-refractivity contribution in [1.82, 2.24) is 4.57 Å². The summed E-state index contributed by atoms with van der Waals surface area (Å²) in [6, 6.07) is 9.03. The highest BCUT2D eigenvalue weighted by atomic mass is 19.1. The van der Waals surface area contributed by atoms with E-state index in [0.29, 0.717) is 10.9 Å². The van der Waals surface area contributed by atoms with Crippen LogP contribution in [0.1, 0.15) is 21.5 Å². The average molecular weight is 285 g/mol. The lowest BCUT2D eigenvalue weighted by atomic mass is 10.0. The van der Waals surface area contributed by atoms with Gasteiger partial charge in [-0.15, -0.1) is 0 Å². The highest BCUT2D eigenvalue weighted by Crippen LogP contribution is 2.26. The summed E-state index contributed by atoms with van der Waals surface area (Å²) in [6.07, 6.45) is 1.61. The van der Waals surface area contributed by atoms with Crippen LogP contribution in [0.15, 0.2) is 42.6 Å². The molecular weight excluding hydrogens is 272 g/mol. The van der Waals surface area contributed by atoms with Gasteiger partial charge in [-0.1, -0.05) is 18.2 Å². The lowest BCUT2D eigenvalue weighted by molar-refractivity contribution is 0.103. The highest BCUT2D eigenvalue weighted by Gasteiger charge is 2.22. The first kappa shape index (κ1) is 13.5. The molecule has 2 aromatic carbocycles. The van der Waals surface area contributed by atoms with Crippen molar-refractivity contribution in [3.63, 3.8) is 0 Å². The topological polar surface area (TPSA) is 22.0 Å². The molecule has 21 heavy (non-hydrogen) atoms. The summed E-state index contributed by atoms with van der Waals surface area (Å²) in [5.41, 5.74) is 1.71. The zero-order valence-electron chi connectivity index (χ0n) is 11.7. The number of nitrogens with zero attached hydrogens (tertiary/aromatic N) is 1. The van der Waals surface area contributed by atoms with Gasteiger partial charge in [-0.3, -0.25) is 4.79 Å². The largest absolute Gasteiger partial charge is 0.350 e. The first-order valence-corrected chi connectivity index (χ1v) is 6.53. The summed E-state index contributed by atoms with van der Waals surface area (Å²) in [6.45, 7) is 1.95. The van der Waals surface area contributed by atoms with Crippen LogP contribution in [0.3, 0.4) is 0 Å². The predicted molar refractivity (Wildman–Crippen MR) is 77.4 cm³/mol. The number of ketones is 1. The van der Waals surface area contributed by atoms with Crippen molar-refractivity contribution in [1.29, 1.82) is 0 Å². The number of benzene rings is 2. The molecule has 106 valence electrons. The highest BCUT2D eigenvalue weighted by molar-refractivity contribution is 6.16. The van der Waals surface area contributed by atoms with Gasteiger partial charge in [0.1, 0.15) is 11.6 Å². The molecule has 0 saturated heterocycles. The number of carbonyl (C=O) groups excluding carboxylic acids is 1. The molecule has 0 aliphatic heterocycles. The molecule has 4 heteroatoms. The van der Waals surface area contributed by atoms with Crippen molar-refractivity contribution in [3.05, 3.63) is 70.9 Å².